The van der Waals surface area contributed by atoms with Gasteiger partial charge in [-0.1, -0.05) is 45.4 Å². The van der Waals surface area contributed by atoms with E-state index >= 15 is 0 Å². The second kappa shape index (κ2) is 4.22. The molecule has 2 aliphatic carbocycles. The fraction of sp³-hybridized carbons (Fsp3) is 1.00. The van der Waals surface area contributed by atoms with Crippen molar-refractivity contribution < 1.29 is 5.11 Å². The summed E-state index contributed by atoms with van der Waals surface area (Å²) >= 11 is 0. The van der Waals surface area contributed by atoms with Crippen LogP contribution in [0.1, 0.15) is 64.7 Å². The van der Waals surface area contributed by atoms with Gasteiger partial charge in [-0.05, 0) is 31.1 Å². The molecule has 0 radical (unpaired) electrons. The van der Waals surface area contributed by atoms with Gasteiger partial charge in [-0.25, -0.2) is 0 Å². The van der Waals surface area contributed by atoms with Crippen LogP contribution in [-0.2, 0) is 0 Å². The highest BCUT2D eigenvalue weighted by molar-refractivity contribution is 4.91. The van der Waals surface area contributed by atoms with E-state index in [1.165, 1.54) is 44.9 Å². The van der Waals surface area contributed by atoms with Gasteiger partial charge in [0.25, 0.3) is 0 Å². The minimum atomic E-state index is -0.290. The Morgan fingerprint density at radius 1 is 1.07 bits per heavy atom. The van der Waals surface area contributed by atoms with Crippen LogP contribution in [0.15, 0.2) is 0 Å². The van der Waals surface area contributed by atoms with E-state index in [9.17, 15) is 5.11 Å². The fourth-order valence-electron chi connectivity index (χ4n) is 3.42. The molecule has 0 amide bonds. The second-order valence-electron chi connectivity index (χ2n) is 5.61. The summed E-state index contributed by atoms with van der Waals surface area (Å²) in [7, 11) is 0. The van der Waals surface area contributed by atoms with Crippen LogP contribution in [0.4, 0.5) is 0 Å². The van der Waals surface area contributed by atoms with Gasteiger partial charge in [0.05, 0.1) is 5.60 Å². The molecule has 0 aliphatic heterocycles. The Labute approximate surface area is 87.9 Å². The van der Waals surface area contributed by atoms with Crippen molar-refractivity contribution in [1.29, 1.82) is 0 Å². The third-order valence-corrected chi connectivity index (χ3v) is 4.53. The Kier molecular flexibility index (Phi) is 3.16. The smallest absolute Gasteiger partial charge is 0.0675 e. The zero-order chi connectivity index (χ0) is 10.0. The molecule has 0 aromatic carbocycles. The molecule has 0 bridgehead atoms. The van der Waals surface area contributed by atoms with Gasteiger partial charge < -0.3 is 5.11 Å². The van der Waals surface area contributed by atoms with Crippen LogP contribution in [-0.4, -0.2) is 10.7 Å². The third kappa shape index (κ3) is 2.13. The van der Waals surface area contributed by atoms with Crippen molar-refractivity contribution >= 4 is 0 Å². The zero-order valence-corrected chi connectivity index (χ0v) is 9.47. The van der Waals surface area contributed by atoms with Gasteiger partial charge in [-0.15, -0.1) is 0 Å². The molecule has 2 saturated carbocycles. The maximum Gasteiger partial charge on any atom is 0.0675 e. The van der Waals surface area contributed by atoms with Gasteiger partial charge in [0.2, 0.25) is 0 Å². The topological polar surface area (TPSA) is 20.2 Å². The number of rotatable bonds is 2. The summed E-state index contributed by atoms with van der Waals surface area (Å²) in [6.07, 6.45) is 11.6. The van der Waals surface area contributed by atoms with Crippen molar-refractivity contribution in [2.45, 2.75) is 70.3 Å². The lowest BCUT2D eigenvalue weighted by Gasteiger charge is -2.33. The van der Waals surface area contributed by atoms with Crippen molar-refractivity contribution in [3.63, 3.8) is 0 Å². The van der Waals surface area contributed by atoms with Gasteiger partial charge in [0.15, 0.2) is 0 Å². The Balaban J connectivity index is 1.88. The van der Waals surface area contributed by atoms with Crippen LogP contribution in [0.2, 0.25) is 0 Å². The van der Waals surface area contributed by atoms with Crippen LogP contribution in [0.5, 0.6) is 0 Å². The molecule has 0 unspecified atom stereocenters. The molecule has 14 heavy (non-hydrogen) atoms. The highest BCUT2D eigenvalue weighted by Gasteiger charge is 2.39. The summed E-state index contributed by atoms with van der Waals surface area (Å²) in [6.45, 7) is 2.23. The number of aliphatic hydroxyl groups is 1. The molecule has 1 nitrogen and oxygen atoms in total. The first-order chi connectivity index (χ1) is 6.71. The van der Waals surface area contributed by atoms with Gasteiger partial charge in [-0.3, -0.25) is 0 Å². The Bertz CT molecular complexity index is 184. The summed E-state index contributed by atoms with van der Waals surface area (Å²) in [6, 6.07) is 0. The molecular formula is C13H24O. The SMILES string of the molecule is C[C@H]1CCC[C@]1(O)CC1CCCCC1. The molecule has 0 spiro atoms. The first kappa shape index (κ1) is 10.5. The van der Waals surface area contributed by atoms with Gasteiger partial charge in [0.1, 0.15) is 0 Å². The molecule has 0 aromatic rings. The van der Waals surface area contributed by atoms with Crippen molar-refractivity contribution in [2.24, 2.45) is 11.8 Å². The summed E-state index contributed by atoms with van der Waals surface area (Å²) < 4.78 is 0. The second-order valence-corrected chi connectivity index (χ2v) is 5.61. The highest BCUT2D eigenvalue weighted by Crippen LogP contribution is 2.42. The minimum Gasteiger partial charge on any atom is -0.390 e. The Morgan fingerprint density at radius 2 is 1.79 bits per heavy atom. The monoisotopic (exact) mass is 196 g/mol. The molecule has 2 atom stereocenters. The van der Waals surface area contributed by atoms with E-state index in [0.717, 1.165) is 18.8 Å². The van der Waals surface area contributed by atoms with E-state index in [1.807, 2.05) is 0 Å². The van der Waals surface area contributed by atoms with Crippen molar-refractivity contribution in [3.8, 4) is 0 Å². The fourth-order valence-corrected chi connectivity index (χ4v) is 3.42. The van der Waals surface area contributed by atoms with E-state index < -0.39 is 0 Å². The summed E-state index contributed by atoms with van der Waals surface area (Å²) in [5, 5.41) is 10.5. The molecule has 2 aliphatic rings. The average molecular weight is 196 g/mol. The summed E-state index contributed by atoms with van der Waals surface area (Å²) in [4.78, 5) is 0. The predicted molar refractivity (Wildman–Crippen MR) is 59.2 cm³/mol. The molecule has 2 rings (SSSR count). The van der Waals surface area contributed by atoms with Gasteiger partial charge >= 0.3 is 0 Å². The first-order valence-corrected chi connectivity index (χ1v) is 6.43. The lowest BCUT2D eigenvalue weighted by molar-refractivity contribution is -0.0179. The molecular weight excluding hydrogens is 172 g/mol. The molecule has 82 valence electrons. The normalized spacial score (nSPS) is 40.3. The number of hydrogen-bond acceptors (Lipinski definition) is 1. The minimum absolute atomic E-state index is 0.290. The summed E-state index contributed by atoms with van der Waals surface area (Å²) in [5.74, 6) is 1.37. The molecule has 2 fully saturated rings. The van der Waals surface area contributed by atoms with Crippen LogP contribution >= 0.6 is 0 Å². The van der Waals surface area contributed by atoms with E-state index in [2.05, 4.69) is 6.92 Å². The van der Waals surface area contributed by atoms with E-state index in [4.69, 9.17) is 0 Å². The lowest BCUT2D eigenvalue weighted by Crippen LogP contribution is -2.34. The number of hydrogen-bond donors (Lipinski definition) is 1. The standard InChI is InChI=1S/C13H24O/c1-11-6-5-9-13(11,14)10-12-7-3-2-4-8-12/h11-12,14H,2-10H2,1H3/t11-,13-/m0/s1. The highest BCUT2D eigenvalue weighted by atomic mass is 16.3. The van der Waals surface area contributed by atoms with Gasteiger partial charge in [-0.2, -0.15) is 0 Å². The van der Waals surface area contributed by atoms with Gasteiger partial charge in [0, 0.05) is 0 Å². The molecule has 1 heteroatoms. The van der Waals surface area contributed by atoms with Crippen molar-refractivity contribution in [3.05, 3.63) is 0 Å². The molecule has 0 aromatic heterocycles. The first-order valence-electron chi connectivity index (χ1n) is 6.43. The van der Waals surface area contributed by atoms with Crippen LogP contribution in [0.3, 0.4) is 0 Å². The summed E-state index contributed by atoms with van der Waals surface area (Å²) in [5.41, 5.74) is -0.290. The van der Waals surface area contributed by atoms with Crippen LogP contribution in [0.25, 0.3) is 0 Å². The third-order valence-electron chi connectivity index (χ3n) is 4.53. The van der Waals surface area contributed by atoms with E-state index in [1.54, 1.807) is 0 Å². The maximum absolute atomic E-state index is 10.5. The van der Waals surface area contributed by atoms with E-state index in [-0.39, 0.29) is 5.60 Å². The largest absolute Gasteiger partial charge is 0.390 e. The van der Waals surface area contributed by atoms with Crippen LogP contribution in [0, 0.1) is 11.8 Å². The van der Waals surface area contributed by atoms with Crippen molar-refractivity contribution in [2.75, 3.05) is 0 Å². The lowest BCUT2D eigenvalue weighted by atomic mass is 9.77. The van der Waals surface area contributed by atoms with Crippen molar-refractivity contribution in [1.82, 2.24) is 0 Å². The van der Waals surface area contributed by atoms with E-state index in [0.29, 0.717) is 5.92 Å². The maximum atomic E-state index is 10.5. The zero-order valence-electron chi connectivity index (χ0n) is 9.47. The van der Waals surface area contributed by atoms with Crippen LogP contribution < -0.4 is 0 Å². The molecule has 1 N–H and O–H groups in total. The predicted octanol–water partition coefficient (Wildman–Crippen LogP) is 3.51. The Morgan fingerprint density at radius 3 is 2.36 bits per heavy atom. The Hall–Kier alpha value is -0.0400. The average Bonchev–Trinajstić information content (AvgIpc) is 2.48. The quantitative estimate of drug-likeness (QED) is 0.716. The molecule has 0 saturated heterocycles. The molecule has 0 heterocycles.